The lowest BCUT2D eigenvalue weighted by Crippen LogP contribution is -2.37. The second-order valence-corrected chi connectivity index (χ2v) is 4.28. The van der Waals surface area contributed by atoms with Crippen molar-refractivity contribution in [2.45, 2.75) is 6.42 Å². The average molecular weight is 223 g/mol. The van der Waals surface area contributed by atoms with Crippen LogP contribution in [0.15, 0.2) is 25.3 Å². The van der Waals surface area contributed by atoms with Crippen molar-refractivity contribution in [3.63, 3.8) is 0 Å². The van der Waals surface area contributed by atoms with Crippen LogP contribution in [0.4, 0.5) is 0 Å². The maximum Gasteiger partial charge on any atom is 0.0164 e. The molecular formula is C13H25N3. The molecule has 1 saturated heterocycles. The first-order chi connectivity index (χ1) is 7.86. The lowest BCUT2D eigenvalue weighted by Gasteiger charge is -2.24. The average Bonchev–Trinajstić information content (AvgIpc) is 2.55. The summed E-state index contributed by atoms with van der Waals surface area (Å²) in [5.74, 6) is 0. The fourth-order valence-electron chi connectivity index (χ4n) is 2.03. The Morgan fingerprint density at radius 2 is 1.88 bits per heavy atom. The summed E-state index contributed by atoms with van der Waals surface area (Å²) in [7, 11) is 0. The summed E-state index contributed by atoms with van der Waals surface area (Å²) in [6.07, 6.45) is 5.20. The van der Waals surface area contributed by atoms with E-state index in [1.54, 1.807) is 0 Å². The first-order valence-corrected chi connectivity index (χ1v) is 6.24. The highest BCUT2D eigenvalue weighted by Crippen LogP contribution is 1.97. The van der Waals surface area contributed by atoms with E-state index in [-0.39, 0.29) is 0 Å². The molecule has 0 aromatic heterocycles. The van der Waals surface area contributed by atoms with E-state index in [2.05, 4.69) is 28.3 Å². The van der Waals surface area contributed by atoms with E-state index >= 15 is 0 Å². The minimum atomic E-state index is 0.956. The van der Waals surface area contributed by atoms with Crippen molar-refractivity contribution in [3.05, 3.63) is 25.3 Å². The molecule has 1 rings (SSSR count). The smallest absolute Gasteiger partial charge is 0.0164 e. The Bertz CT molecular complexity index is 185. The molecule has 1 heterocycles. The highest BCUT2D eigenvalue weighted by atomic mass is 15.2. The van der Waals surface area contributed by atoms with Crippen LogP contribution in [0.1, 0.15) is 6.42 Å². The summed E-state index contributed by atoms with van der Waals surface area (Å²) in [5.41, 5.74) is 0. The van der Waals surface area contributed by atoms with Crippen molar-refractivity contribution in [2.24, 2.45) is 0 Å². The monoisotopic (exact) mass is 223 g/mol. The lowest BCUT2D eigenvalue weighted by molar-refractivity contribution is 0.234. The largest absolute Gasteiger partial charge is 0.315 e. The second-order valence-electron chi connectivity index (χ2n) is 4.28. The van der Waals surface area contributed by atoms with Crippen LogP contribution < -0.4 is 5.32 Å². The zero-order chi connectivity index (χ0) is 11.6. The fourth-order valence-corrected chi connectivity index (χ4v) is 2.03. The van der Waals surface area contributed by atoms with Crippen LogP contribution in [-0.2, 0) is 0 Å². The molecule has 1 fully saturated rings. The van der Waals surface area contributed by atoms with Crippen LogP contribution in [0.25, 0.3) is 0 Å². The van der Waals surface area contributed by atoms with Gasteiger partial charge in [-0.2, -0.15) is 0 Å². The van der Waals surface area contributed by atoms with Gasteiger partial charge >= 0.3 is 0 Å². The summed E-state index contributed by atoms with van der Waals surface area (Å²) in [6, 6.07) is 0. The number of nitrogens with zero attached hydrogens (tertiary/aromatic N) is 2. The standard InChI is InChI=1S/C13H25N3/c1-3-8-15(9-4-2)12-13-16-10-5-6-14-7-11-16/h3-4,14H,1-2,5-13H2. The Hall–Kier alpha value is -0.640. The van der Waals surface area contributed by atoms with Gasteiger partial charge < -0.3 is 10.2 Å². The molecule has 0 amide bonds. The quantitative estimate of drug-likeness (QED) is 0.649. The van der Waals surface area contributed by atoms with Crippen molar-refractivity contribution in [1.82, 2.24) is 15.1 Å². The summed E-state index contributed by atoms with van der Waals surface area (Å²) in [4.78, 5) is 4.91. The molecule has 0 radical (unpaired) electrons. The number of nitrogens with one attached hydrogen (secondary N) is 1. The van der Waals surface area contributed by atoms with Gasteiger partial charge in [0, 0.05) is 39.3 Å². The van der Waals surface area contributed by atoms with Crippen LogP contribution in [0.2, 0.25) is 0 Å². The van der Waals surface area contributed by atoms with Gasteiger partial charge in [0.1, 0.15) is 0 Å². The molecule has 0 atom stereocenters. The molecule has 0 saturated carbocycles. The maximum atomic E-state index is 3.79. The predicted molar refractivity (Wildman–Crippen MR) is 70.8 cm³/mol. The van der Waals surface area contributed by atoms with Crippen LogP contribution in [-0.4, -0.2) is 62.2 Å². The van der Waals surface area contributed by atoms with Crippen LogP contribution in [0.3, 0.4) is 0 Å². The van der Waals surface area contributed by atoms with E-state index in [0.29, 0.717) is 0 Å². The van der Waals surface area contributed by atoms with Crippen LogP contribution >= 0.6 is 0 Å². The molecule has 92 valence electrons. The maximum absolute atomic E-state index is 3.79. The van der Waals surface area contributed by atoms with Crippen molar-refractivity contribution in [3.8, 4) is 0 Å². The van der Waals surface area contributed by atoms with E-state index in [4.69, 9.17) is 0 Å². The van der Waals surface area contributed by atoms with Gasteiger partial charge in [-0.1, -0.05) is 12.2 Å². The third-order valence-corrected chi connectivity index (χ3v) is 2.94. The van der Waals surface area contributed by atoms with Gasteiger partial charge in [0.2, 0.25) is 0 Å². The number of hydrogen-bond donors (Lipinski definition) is 1. The normalized spacial score (nSPS) is 18.3. The Balaban J connectivity index is 2.23. The third-order valence-electron chi connectivity index (χ3n) is 2.94. The molecule has 0 aromatic rings. The summed E-state index contributed by atoms with van der Waals surface area (Å²) < 4.78 is 0. The van der Waals surface area contributed by atoms with Crippen molar-refractivity contribution < 1.29 is 0 Å². The summed E-state index contributed by atoms with van der Waals surface area (Å²) in [5, 5.41) is 3.43. The third kappa shape index (κ3) is 5.45. The van der Waals surface area contributed by atoms with E-state index in [0.717, 1.165) is 32.7 Å². The molecule has 0 unspecified atom stereocenters. The molecule has 16 heavy (non-hydrogen) atoms. The van der Waals surface area contributed by atoms with Gasteiger partial charge in [0.25, 0.3) is 0 Å². The van der Waals surface area contributed by atoms with Gasteiger partial charge in [-0.3, -0.25) is 4.90 Å². The lowest BCUT2D eigenvalue weighted by atomic mass is 10.3. The van der Waals surface area contributed by atoms with Crippen molar-refractivity contribution in [1.29, 1.82) is 0 Å². The van der Waals surface area contributed by atoms with E-state index in [9.17, 15) is 0 Å². The van der Waals surface area contributed by atoms with Gasteiger partial charge in [-0.15, -0.1) is 13.2 Å². The van der Waals surface area contributed by atoms with Gasteiger partial charge in [0.05, 0.1) is 0 Å². The molecule has 0 spiro atoms. The molecule has 0 aromatic carbocycles. The number of hydrogen-bond acceptors (Lipinski definition) is 3. The number of rotatable bonds is 7. The molecule has 0 aliphatic carbocycles. The van der Waals surface area contributed by atoms with Crippen molar-refractivity contribution >= 4 is 0 Å². The Labute approximate surface area is 99.8 Å². The van der Waals surface area contributed by atoms with E-state index in [1.807, 2.05) is 12.2 Å². The zero-order valence-electron chi connectivity index (χ0n) is 10.3. The summed E-state index contributed by atoms with van der Waals surface area (Å²) in [6.45, 7) is 16.5. The minimum Gasteiger partial charge on any atom is -0.315 e. The van der Waals surface area contributed by atoms with Gasteiger partial charge in [-0.25, -0.2) is 0 Å². The molecule has 1 aliphatic heterocycles. The molecule has 3 heteroatoms. The Morgan fingerprint density at radius 1 is 1.12 bits per heavy atom. The highest BCUT2D eigenvalue weighted by molar-refractivity contribution is 4.80. The molecular weight excluding hydrogens is 198 g/mol. The molecule has 1 aliphatic rings. The SMILES string of the molecule is C=CCN(CC=C)CCN1CCCNCC1. The topological polar surface area (TPSA) is 18.5 Å². The molecule has 0 bridgehead atoms. The van der Waals surface area contributed by atoms with Crippen LogP contribution in [0, 0.1) is 0 Å². The highest BCUT2D eigenvalue weighted by Gasteiger charge is 2.09. The second kappa shape index (κ2) is 8.50. The van der Waals surface area contributed by atoms with E-state index < -0.39 is 0 Å². The first-order valence-electron chi connectivity index (χ1n) is 6.24. The zero-order valence-corrected chi connectivity index (χ0v) is 10.3. The summed E-state index contributed by atoms with van der Waals surface area (Å²) >= 11 is 0. The van der Waals surface area contributed by atoms with Gasteiger partial charge in [0.15, 0.2) is 0 Å². The van der Waals surface area contributed by atoms with Gasteiger partial charge in [-0.05, 0) is 19.5 Å². The Kier molecular flexibility index (Phi) is 7.14. The van der Waals surface area contributed by atoms with E-state index in [1.165, 1.54) is 26.1 Å². The molecule has 3 nitrogen and oxygen atoms in total. The molecule has 1 N–H and O–H groups in total. The minimum absolute atomic E-state index is 0.956. The van der Waals surface area contributed by atoms with Crippen molar-refractivity contribution in [2.75, 3.05) is 52.4 Å². The predicted octanol–water partition coefficient (Wildman–Crippen LogP) is 0.956. The fraction of sp³-hybridized carbons (Fsp3) is 0.692. The van der Waals surface area contributed by atoms with Crippen LogP contribution in [0.5, 0.6) is 0 Å². The Morgan fingerprint density at radius 3 is 2.56 bits per heavy atom. The first kappa shape index (κ1) is 13.4.